The molecule has 2 heterocycles. The molecular formula is C23H27ClN4O6. The minimum atomic E-state index is -0.925. The largest absolute Gasteiger partial charge is 0.490 e. The fourth-order valence-corrected chi connectivity index (χ4v) is 3.39. The average molecular weight is 491 g/mol. The van der Waals surface area contributed by atoms with Crippen LogP contribution in [0, 0.1) is 13.8 Å². The number of amides is 1. The van der Waals surface area contributed by atoms with Gasteiger partial charge in [-0.05, 0) is 57.0 Å². The molecular weight excluding hydrogens is 464 g/mol. The van der Waals surface area contributed by atoms with Crippen LogP contribution in [-0.4, -0.2) is 63.2 Å². The van der Waals surface area contributed by atoms with Crippen LogP contribution in [0.15, 0.2) is 28.8 Å². The molecule has 0 saturated carbocycles. The van der Waals surface area contributed by atoms with Gasteiger partial charge in [0, 0.05) is 23.7 Å². The van der Waals surface area contributed by atoms with Crippen molar-refractivity contribution in [2.24, 2.45) is 0 Å². The third-order valence-electron chi connectivity index (χ3n) is 4.62. The van der Waals surface area contributed by atoms with E-state index in [0.29, 0.717) is 23.0 Å². The molecule has 11 heteroatoms. The van der Waals surface area contributed by atoms with Gasteiger partial charge in [-0.15, -0.1) is 0 Å². The summed E-state index contributed by atoms with van der Waals surface area (Å²) in [5, 5.41) is 25.4. The van der Waals surface area contributed by atoms with Crippen LogP contribution in [0.2, 0.25) is 5.15 Å². The Morgan fingerprint density at radius 1 is 1.15 bits per heavy atom. The second-order valence-electron chi connectivity index (χ2n) is 7.97. The Balaban J connectivity index is 1.75. The predicted octanol–water partition coefficient (Wildman–Crippen LogP) is 2.70. The number of aromatic nitrogens is 3. The third-order valence-corrected chi connectivity index (χ3v) is 4.81. The van der Waals surface area contributed by atoms with Crippen LogP contribution in [0.5, 0.6) is 11.6 Å². The summed E-state index contributed by atoms with van der Waals surface area (Å²) < 4.78 is 16.8. The van der Waals surface area contributed by atoms with Crippen molar-refractivity contribution >= 4 is 17.5 Å². The minimum Gasteiger partial charge on any atom is -0.490 e. The quantitative estimate of drug-likeness (QED) is 0.366. The Bertz CT molecular complexity index is 1130. The molecule has 1 aromatic carbocycles. The van der Waals surface area contributed by atoms with Gasteiger partial charge in [0.15, 0.2) is 0 Å². The first-order valence-corrected chi connectivity index (χ1v) is 11.0. The molecule has 1 atom stereocenters. The van der Waals surface area contributed by atoms with Gasteiger partial charge in [0.25, 0.3) is 5.89 Å². The molecule has 182 valence electrons. The van der Waals surface area contributed by atoms with E-state index < -0.39 is 18.6 Å². The van der Waals surface area contributed by atoms with E-state index in [-0.39, 0.29) is 30.3 Å². The number of carbonyl (C=O) groups is 1. The maximum atomic E-state index is 11.1. The zero-order chi connectivity index (χ0) is 24.8. The Morgan fingerprint density at radius 3 is 2.50 bits per heavy atom. The zero-order valence-corrected chi connectivity index (χ0v) is 20.1. The Kier molecular flexibility index (Phi) is 8.43. The summed E-state index contributed by atoms with van der Waals surface area (Å²) >= 11 is 6.12. The summed E-state index contributed by atoms with van der Waals surface area (Å²) in [5.74, 6) is 1.07. The van der Waals surface area contributed by atoms with E-state index >= 15 is 0 Å². The van der Waals surface area contributed by atoms with E-state index in [1.165, 1.54) is 0 Å². The number of nitrogens with one attached hydrogen (secondary N) is 1. The van der Waals surface area contributed by atoms with Gasteiger partial charge in [0.2, 0.25) is 17.6 Å². The number of aryl methyl sites for hydroxylation is 2. The van der Waals surface area contributed by atoms with Crippen molar-refractivity contribution in [3.63, 3.8) is 0 Å². The summed E-state index contributed by atoms with van der Waals surface area (Å²) in [5.41, 5.74) is 2.94. The molecule has 0 fully saturated rings. The molecule has 0 spiro atoms. The number of ether oxygens (including phenoxy) is 2. The summed E-state index contributed by atoms with van der Waals surface area (Å²) in [4.78, 5) is 19.7. The SMILES string of the molecule is Cc1cc(-c2noc(-c3cc(Cl)nc(OC(C)C)c3)n2)cc(C)c1OCC(O)CNC(=O)CO. The number of hydrogen-bond donors (Lipinski definition) is 3. The van der Waals surface area contributed by atoms with Gasteiger partial charge in [-0.25, -0.2) is 4.98 Å². The number of rotatable bonds is 10. The van der Waals surface area contributed by atoms with Crippen molar-refractivity contribution in [2.45, 2.75) is 39.9 Å². The number of hydrogen-bond acceptors (Lipinski definition) is 9. The molecule has 3 rings (SSSR count). The molecule has 2 aromatic heterocycles. The number of aliphatic hydroxyl groups is 2. The second-order valence-corrected chi connectivity index (χ2v) is 8.36. The van der Waals surface area contributed by atoms with E-state index in [0.717, 1.165) is 16.7 Å². The normalized spacial score (nSPS) is 12.0. The molecule has 10 nitrogen and oxygen atoms in total. The molecule has 1 amide bonds. The highest BCUT2D eigenvalue weighted by Gasteiger charge is 2.17. The van der Waals surface area contributed by atoms with Crippen LogP contribution in [0.1, 0.15) is 25.0 Å². The summed E-state index contributed by atoms with van der Waals surface area (Å²) in [6, 6.07) is 7.01. The van der Waals surface area contributed by atoms with E-state index in [4.69, 9.17) is 30.7 Å². The first-order chi connectivity index (χ1) is 16.2. The highest BCUT2D eigenvalue weighted by atomic mass is 35.5. The smallest absolute Gasteiger partial charge is 0.258 e. The van der Waals surface area contributed by atoms with E-state index in [2.05, 4.69) is 20.4 Å². The molecule has 3 N–H and O–H groups in total. The fourth-order valence-electron chi connectivity index (χ4n) is 3.19. The average Bonchev–Trinajstić information content (AvgIpc) is 3.26. The molecule has 0 aliphatic heterocycles. The van der Waals surface area contributed by atoms with Crippen LogP contribution in [-0.2, 0) is 4.79 Å². The Hall–Kier alpha value is -3.21. The highest BCUT2D eigenvalue weighted by Crippen LogP contribution is 2.31. The Labute approximate surface area is 201 Å². The van der Waals surface area contributed by atoms with Crippen molar-refractivity contribution in [1.82, 2.24) is 20.4 Å². The molecule has 1 unspecified atom stereocenters. The van der Waals surface area contributed by atoms with Crippen LogP contribution in [0.3, 0.4) is 0 Å². The van der Waals surface area contributed by atoms with Gasteiger partial charge in [-0.3, -0.25) is 4.79 Å². The number of halogens is 1. The van der Waals surface area contributed by atoms with Crippen LogP contribution in [0.4, 0.5) is 0 Å². The number of aliphatic hydroxyl groups excluding tert-OH is 2. The first kappa shape index (κ1) is 25.4. The lowest BCUT2D eigenvalue weighted by Crippen LogP contribution is -2.36. The standard InChI is InChI=1S/C23H27ClN4O6/c1-12(2)33-20-8-16(7-18(24)26-20)23-27-22(28-34-23)15-5-13(3)21(14(4)6-15)32-11-17(30)9-25-19(31)10-29/h5-8,12,17,29-30H,9-11H2,1-4H3,(H,25,31). The second kappa shape index (κ2) is 11.3. The number of nitrogens with zero attached hydrogens (tertiary/aromatic N) is 3. The van der Waals surface area contributed by atoms with Gasteiger partial charge in [-0.1, -0.05) is 16.8 Å². The Morgan fingerprint density at radius 2 is 1.85 bits per heavy atom. The van der Waals surface area contributed by atoms with Gasteiger partial charge < -0.3 is 29.5 Å². The monoisotopic (exact) mass is 490 g/mol. The van der Waals surface area contributed by atoms with Crippen molar-refractivity contribution in [3.05, 3.63) is 40.5 Å². The van der Waals surface area contributed by atoms with Crippen LogP contribution >= 0.6 is 11.6 Å². The molecule has 0 radical (unpaired) electrons. The minimum absolute atomic E-state index is 0.0237. The summed E-state index contributed by atoms with van der Waals surface area (Å²) in [7, 11) is 0. The molecule has 3 aromatic rings. The zero-order valence-electron chi connectivity index (χ0n) is 19.3. The van der Waals surface area contributed by atoms with Gasteiger partial charge in [-0.2, -0.15) is 4.98 Å². The van der Waals surface area contributed by atoms with Gasteiger partial charge in [0.05, 0.1) is 6.10 Å². The lowest BCUT2D eigenvalue weighted by Gasteiger charge is -2.16. The molecule has 34 heavy (non-hydrogen) atoms. The molecule has 0 bridgehead atoms. The van der Waals surface area contributed by atoms with E-state index in [1.807, 2.05) is 39.8 Å². The van der Waals surface area contributed by atoms with Gasteiger partial charge in [0.1, 0.15) is 30.2 Å². The summed E-state index contributed by atoms with van der Waals surface area (Å²) in [6.45, 7) is 6.83. The lowest BCUT2D eigenvalue weighted by atomic mass is 10.1. The molecule has 0 saturated heterocycles. The van der Waals surface area contributed by atoms with Crippen molar-refractivity contribution in [1.29, 1.82) is 0 Å². The van der Waals surface area contributed by atoms with Crippen LogP contribution in [0.25, 0.3) is 22.8 Å². The topological polar surface area (TPSA) is 140 Å². The van der Waals surface area contributed by atoms with E-state index in [9.17, 15) is 9.90 Å². The third kappa shape index (κ3) is 6.66. The van der Waals surface area contributed by atoms with Crippen molar-refractivity contribution in [2.75, 3.05) is 19.8 Å². The van der Waals surface area contributed by atoms with Gasteiger partial charge >= 0.3 is 0 Å². The molecule has 0 aliphatic carbocycles. The highest BCUT2D eigenvalue weighted by molar-refractivity contribution is 6.29. The van der Waals surface area contributed by atoms with Crippen molar-refractivity contribution in [3.8, 4) is 34.5 Å². The predicted molar refractivity (Wildman–Crippen MR) is 125 cm³/mol. The number of benzene rings is 1. The van der Waals surface area contributed by atoms with Crippen molar-refractivity contribution < 1.29 is 29.0 Å². The van der Waals surface area contributed by atoms with Crippen LogP contribution < -0.4 is 14.8 Å². The van der Waals surface area contributed by atoms with E-state index in [1.54, 1.807) is 12.1 Å². The molecule has 0 aliphatic rings. The lowest BCUT2D eigenvalue weighted by molar-refractivity contribution is -0.124. The maximum Gasteiger partial charge on any atom is 0.258 e. The fraction of sp³-hybridized carbons (Fsp3) is 0.391. The maximum absolute atomic E-state index is 11.1. The summed E-state index contributed by atoms with van der Waals surface area (Å²) in [6.07, 6.45) is -0.991. The first-order valence-electron chi connectivity index (χ1n) is 10.6. The number of pyridine rings is 1. The number of carbonyl (C=O) groups excluding carboxylic acids is 1.